The Bertz CT molecular complexity index is 724. The van der Waals surface area contributed by atoms with Gasteiger partial charge in [0.1, 0.15) is 11.2 Å². The first-order chi connectivity index (χ1) is 12.1. The molecule has 1 N–H and O–H groups in total. The van der Waals surface area contributed by atoms with Crippen LogP contribution in [0, 0.1) is 17.1 Å². The fourth-order valence-corrected chi connectivity index (χ4v) is 3.90. The number of halogens is 1. The third-order valence-electron chi connectivity index (χ3n) is 5.33. The largest absolute Gasteiger partial charge is 0.484 e. The number of nitrogens with one attached hydrogen (secondary N) is 1. The molecule has 0 heterocycles. The van der Waals surface area contributed by atoms with Gasteiger partial charge >= 0.3 is 6.09 Å². The molecule has 0 spiro atoms. The Hall–Kier alpha value is -2.29. The molecule has 0 saturated heterocycles. The van der Waals surface area contributed by atoms with Crippen LogP contribution in [0.25, 0.3) is 0 Å². The standard InChI is InChI=1S/C20H25FN2O3/c1-18(2,3)26-17(24)23-19-6-9-20(10-7-19,11-8-19)25-16-5-4-14(13-22)12-15(16)21/h4-5,12H,6-11H2,1-3H3,(H,23,24). The van der Waals surface area contributed by atoms with Crippen LogP contribution in [0.1, 0.15) is 64.9 Å². The van der Waals surface area contributed by atoms with Crippen molar-refractivity contribution in [1.29, 1.82) is 5.26 Å². The summed E-state index contributed by atoms with van der Waals surface area (Å²) < 4.78 is 25.6. The lowest BCUT2D eigenvalue weighted by Gasteiger charge is -2.53. The van der Waals surface area contributed by atoms with Gasteiger partial charge in [0.15, 0.2) is 11.6 Å². The summed E-state index contributed by atoms with van der Waals surface area (Å²) in [5, 5.41) is 11.9. The van der Waals surface area contributed by atoms with Gasteiger partial charge in [-0.3, -0.25) is 0 Å². The van der Waals surface area contributed by atoms with Gasteiger partial charge in [-0.05, 0) is 77.5 Å². The van der Waals surface area contributed by atoms with Crippen LogP contribution in [0.5, 0.6) is 5.75 Å². The number of hydrogen-bond acceptors (Lipinski definition) is 4. The van der Waals surface area contributed by atoms with E-state index >= 15 is 0 Å². The highest BCUT2D eigenvalue weighted by molar-refractivity contribution is 5.69. The maximum atomic E-state index is 14.2. The lowest BCUT2D eigenvalue weighted by Crippen LogP contribution is -2.60. The molecule has 140 valence electrons. The van der Waals surface area contributed by atoms with Crippen molar-refractivity contribution in [3.05, 3.63) is 29.6 Å². The molecule has 0 aromatic heterocycles. The van der Waals surface area contributed by atoms with E-state index < -0.39 is 17.0 Å². The number of carbonyl (C=O) groups excluding carboxylic acids is 1. The second-order valence-corrected chi connectivity index (χ2v) is 8.45. The fourth-order valence-electron chi connectivity index (χ4n) is 3.90. The molecular weight excluding hydrogens is 335 g/mol. The van der Waals surface area contributed by atoms with E-state index in [4.69, 9.17) is 14.7 Å². The van der Waals surface area contributed by atoms with Crippen molar-refractivity contribution in [2.45, 2.75) is 76.0 Å². The van der Waals surface area contributed by atoms with E-state index in [2.05, 4.69) is 5.32 Å². The van der Waals surface area contributed by atoms with E-state index in [0.717, 1.165) is 38.5 Å². The monoisotopic (exact) mass is 360 g/mol. The Kier molecular flexibility index (Phi) is 4.60. The van der Waals surface area contributed by atoms with Crippen LogP contribution in [-0.4, -0.2) is 22.8 Å². The third kappa shape index (κ3) is 3.92. The zero-order valence-corrected chi connectivity index (χ0v) is 15.5. The summed E-state index contributed by atoms with van der Waals surface area (Å²) in [4.78, 5) is 12.1. The topological polar surface area (TPSA) is 71.3 Å². The zero-order valence-electron chi connectivity index (χ0n) is 15.5. The first-order valence-electron chi connectivity index (χ1n) is 9.04. The van der Waals surface area contributed by atoms with Crippen LogP contribution < -0.4 is 10.1 Å². The SMILES string of the molecule is CC(C)(C)OC(=O)NC12CCC(Oc3ccc(C#N)cc3F)(CC1)CC2. The Morgan fingerprint density at radius 3 is 2.31 bits per heavy atom. The second kappa shape index (κ2) is 6.46. The highest BCUT2D eigenvalue weighted by Gasteiger charge is 2.51. The fraction of sp³-hybridized carbons (Fsp3) is 0.600. The van der Waals surface area contributed by atoms with Crippen LogP contribution in [-0.2, 0) is 4.74 Å². The van der Waals surface area contributed by atoms with Crippen LogP contribution in [0.15, 0.2) is 18.2 Å². The molecule has 3 aliphatic carbocycles. The van der Waals surface area contributed by atoms with E-state index in [9.17, 15) is 9.18 Å². The maximum Gasteiger partial charge on any atom is 0.408 e. The molecule has 0 atom stereocenters. The van der Waals surface area contributed by atoms with E-state index in [1.54, 1.807) is 6.07 Å². The molecule has 1 aromatic carbocycles. The van der Waals surface area contributed by atoms with Gasteiger partial charge in [0.05, 0.1) is 11.6 Å². The quantitative estimate of drug-likeness (QED) is 0.865. The molecule has 4 rings (SSSR count). The summed E-state index contributed by atoms with van der Waals surface area (Å²) >= 11 is 0. The molecule has 3 saturated carbocycles. The first kappa shape index (κ1) is 18.5. The Balaban J connectivity index is 1.64. The molecule has 0 aliphatic heterocycles. The number of amides is 1. The number of nitrogens with zero attached hydrogens (tertiary/aromatic N) is 1. The summed E-state index contributed by atoms with van der Waals surface area (Å²) in [6.45, 7) is 5.53. The van der Waals surface area contributed by atoms with Crippen LogP contribution >= 0.6 is 0 Å². The number of alkyl carbamates (subject to hydrolysis) is 1. The first-order valence-corrected chi connectivity index (χ1v) is 9.04. The number of hydrogen-bond donors (Lipinski definition) is 1. The van der Waals surface area contributed by atoms with Crippen LogP contribution in [0.2, 0.25) is 0 Å². The zero-order chi connectivity index (χ0) is 19.0. The van der Waals surface area contributed by atoms with Crippen molar-refractivity contribution >= 4 is 6.09 Å². The van der Waals surface area contributed by atoms with E-state index in [1.165, 1.54) is 12.1 Å². The summed E-state index contributed by atoms with van der Waals surface area (Å²) in [5.41, 5.74) is -0.896. The molecule has 3 aliphatic rings. The van der Waals surface area contributed by atoms with E-state index in [0.29, 0.717) is 0 Å². The molecule has 2 bridgehead atoms. The molecule has 1 amide bonds. The van der Waals surface area contributed by atoms with Crippen molar-refractivity contribution in [3.8, 4) is 11.8 Å². The minimum Gasteiger partial charge on any atom is -0.484 e. The van der Waals surface area contributed by atoms with Gasteiger partial charge in [0.2, 0.25) is 0 Å². The molecule has 5 nitrogen and oxygen atoms in total. The van der Waals surface area contributed by atoms with Gasteiger partial charge in [-0.1, -0.05) is 0 Å². The molecule has 0 unspecified atom stereocenters. The van der Waals surface area contributed by atoms with Crippen molar-refractivity contribution in [3.63, 3.8) is 0 Å². The van der Waals surface area contributed by atoms with Crippen molar-refractivity contribution in [2.24, 2.45) is 0 Å². The normalized spacial score (nSPS) is 27.5. The predicted molar refractivity (Wildman–Crippen MR) is 94.3 cm³/mol. The summed E-state index contributed by atoms with van der Waals surface area (Å²) in [6, 6.07) is 6.21. The van der Waals surface area contributed by atoms with Gasteiger partial charge in [-0.15, -0.1) is 0 Å². The number of carbonyl (C=O) groups is 1. The van der Waals surface area contributed by atoms with Gasteiger partial charge in [-0.2, -0.15) is 5.26 Å². The third-order valence-corrected chi connectivity index (χ3v) is 5.33. The minimum absolute atomic E-state index is 0.193. The van der Waals surface area contributed by atoms with Gasteiger partial charge in [0.25, 0.3) is 0 Å². The number of nitriles is 1. The minimum atomic E-state index is -0.524. The average Bonchev–Trinajstić information content (AvgIpc) is 2.56. The van der Waals surface area contributed by atoms with Crippen LogP contribution in [0.3, 0.4) is 0 Å². The average molecular weight is 360 g/mol. The molecular formula is C20H25FN2O3. The molecule has 3 fully saturated rings. The summed E-state index contributed by atoms with van der Waals surface area (Å²) in [7, 11) is 0. The van der Waals surface area contributed by atoms with E-state index in [1.807, 2.05) is 26.8 Å². The number of rotatable bonds is 3. The Morgan fingerprint density at radius 1 is 1.19 bits per heavy atom. The smallest absolute Gasteiger partial charge is 0.408 e. The number of ether oxygens (including phenoxy) is 2. The van der Waals surface area contributed by atoms with Crippen molar-refractivity contribution < 1.29 is 18.7 Å². The lowest BCUT2D eigenvalue weighted by molar-refractivity contribution is -0.0567. The molecule has 6 heteroatoms. The summed E-state index contributed by atoms with van der Waals surface area (Å²) in [6.07, 6.45) is 4.22. The Labute approximate surface area is 153 Å². The van der Waals surface area contributed by atoms with Gasteiger partial charge in [-0.25, -0.2) is 9.18 Å². The highest BCUT2D eigenvalue weighted by Crippen LogP contribution is 2.49. The number of fused-ring (bicyclic) bond motifs is 3. The predicted octanol–water partition coefficient (Wildman–Crippen LogP) is 4.45. The summed E-state index contributed by atoms with van der Waals surface area (Å²) in [5.74, 6) is -0.314. The molecule has 1 aromatic rings. The van der Waals surface area contributed by atoms with Gasteiger partial charge in [0, 0.05) is 5.54 Å². The lowest BCUT2D eigenvalue weighted by atomic mass is 9.63. The van der Waals surface area contributed by atoms with Gasteiger partial charge < -0.3 is 14.8 Å². The molecule has 0 radical (unpaired) electrons. The van der Waals surface area contributed by atoms with E-state index in [-0.39, 0.29) is 22.9 Å². The highest BCUT2D eigenvalue weighted by atomic mass is 19.1. The van der Waals surface area contributed by atoms with Crippen LogP contribution in [0.4, 0.5) is 9.18 Å². The molecule has 26 heavy (non-hydrogen) atoms. The Morgan fingerprint density at radius 2 is 1.81 bits per heavy atom. The van der Waals surface area contributed by atoms with Crippen molar-refractivity contribution in [1.82, 2.24) is 5.32 Å². The second-order valence-electron chi connectivity index (χ2n) is 8.45. The van der Waals surface area contributed by atoms with Crippen molar-refractivity contribution in [2.75, 3.05) is 0 Å². The maximum absolute atomic E-state index is 14.2. The number of benzene rings is 1.